The molecule has 1 heterocycles. The minimum absolute atomic E-state index is 0.411. The maximum atomic E-state index is 5.22. The van der Waals surface area contributed by atoms with Gasteiger partial charge in [0, 0.05) is 0 Å². The third-order valence-corrected chi connectivity index (χ3v) is 0.975. The predicted octanol–water partition coefficient (Wildman–Crippen LogP) is 0.687. The summed E-state index contributed by atoms with van der Waals surface area (Å²) in [6, 6.07) is 0. The monoisotopic (exact) mass is 130 g/mol. The number of anilines is 1. The summed E-state index contributed by atoms with van der Waals surface area (Å²) in [6.45, 7) is 0. The molecule has 0 aliphatic heterocycles. The first-order valence-electron chi connectivity index (χ1n) is 2.13. The third-order valence-electron chi connectivity index (χ3n) is 0.705. The SMILES string of the molecule is Nc1coc(CS)n1. The fraction of sp³-hybridized carbons (Fsp3) is 0.250. The minimum Gasteiger partial charge on any atom is -0.446 e. The van der Waals surface area contributed by atoms with E-state index in [9.17, 15) is 0 Å². The number of hydrogen-bond donors (Lipinski definition) is 2. The first-order chi connectivity index (χ1) is 3.83. The smallest absolute Gasteiger partial charge is 0.205 e. The zero-order valence-electron chi connectivity index (χ0n) is 4.16. The Bertz CT molecular complexity index is 174. The van der Waals surface area contributed by atoms with Gasteiger partial charge in [-0.25, -0.2) is 0 Å². The van der Waals surface area contributed by atoms with Crippen molar-refractivity contribution in [3.05, 3.63) is 12.2 Å². The minimum atomic E-state index is 0.411. The van der Waals surface area contributed by atoms with E-state index in [1.807, 2.05) is 0 Å². The van der Waals surface area contributed by atoms with Gasteiger partial charge in [0.05, 0.1) is 5.75 Å². The van der Waals surface area contributed by atoms with Crippen LogP contribution >= 0.6 is 12.6 Å². The lowest BCUT2D eigenvalue weighted by atomic mass is 10.8. The Morgan fingerprint density at radius 2 is 2.62 bits per heavy atom. The van der Waals surface area contributed by atoms with Gasteiger partial charge in [0.2, 0.25) is 5.89 Å². The Labute approximate surface area is 52.3 Å². The van der Waals surface area contributed by atoms with Crippen molar-refractivity contribution in [2.75, 3.05) is 5.73 Å². The predicted molar refractivity (Wildman–Crippen MR) is 33.6 cm³/mol. The summed E-state index contributed by atoms with van der Waals surface area (Å²) in [5.74, 6) is 1.47. The number of nitrogen functional groups attached to an aromatic ring is 1. The van der Waals surface area contributed by atoms with E-state index in [0.29, 0.717) is 17.5 Å². The van der Waals surface area contributed by atoms with Gasteiger partial charge in [-0.2, -0.15) is 17.6 Å². The molecule has 44 valence electrons. The van der Waals surface area contributed by atoms with Crippen LogP contribution in [-0.4, -0.2) is 4.98 Å². The van der Waals surface area contributed by atoms with Gasteiger partial charge in [0.1, 0.15) is 6.26 Å². The number of oxazole rings is 1. The van der Waals surface area contributed by atoms with Crippen molar-refractivity contribution in [1.82, 2.24) is 4.98 Å². The number of thiol groups is 1. The van der Waals surface area contributed by atoms with E-state index in [0.717, 1.165) is 0 Å². The molecule has 0 spiro atoms. The Morgan fingerprint density at radius 1 is 1.88 bits per heavy atom. The lowest BCUT2D eigenvalue weighted by Gasteiger charge is -1.77. The molecule has 0 unspecified atom stereocenters. The molecule has 0 aliphatic rings. The molecule has 1 aromatic rings. The summed E-state index contributed by atoms with van der Waals surface area (Å²) in [4.78, 5) is 3.76. The lowest BCUT2D eigenvalue weighted by molar-refractivity contribution is 0.518. The van der Waals surface area contributed by atoms with Crippen LogP contribution in [0.4, 0.5) is 5.82 Å². The molecule has 0 fully saturated rings. The first kappa shape index (κ1) is 5.50. The fourth-order valence-electron chi connectivity index (χ4n) is 0.398. The second-order valence-electron chi connectivity index (χ2n) is 1.32. The van der Waals surface area contributed by atoms with Gasteiger partial charge in [-0.15, -0.1) is 0 Å². The standard InChI is InChI=1S/C4H6N2OS/c5-3-1-7-4(2-8)6-3/h1,8H,2,5H2. The second-order valence-corrected chi connectivity index (χ2v) is 1.64. The van der Waals surface area contributed by atoms with Crippen molar-refractivity contribution in [3.63, 3.8) is 0 Å². The summed E-state index contributed by atoms with van der Waals surface area (Å²) in [6.07, 6.45) is 1.39. The highest BCUT2D eigenvalue weighted by Gasteiger charge is 1.94. The topological polar surface area (TPSA) is 52.0 Å². The van der Waals surface area contributed by atoms with Crippen LogP contribution in [0.1, 0.15) is 5.89 Å². The van der Waals surface area contributed by atoms with Gasteiger partial charge in [-0.05, 0) is 0 Å². The van der Waals surface area contributed by atoms with Crippen molar-refractivity contribution in [3.8, 4) is 0 Å². The van der Waals surface area contributed by atoms with Crippen LogP contribution in [0.3, 0.4) is 0 Å². The van der Waals surface area contributed by atoms with Crippen LogP contribution < -0.4 is 5.73 Å². The number of aromatic nitrogens is 1. The van der Waals surface area contributed by atoms with Crippen LogP contribution in [0, 0.1) is 0 Å². The first-order valence-corrected chi connectivity index (χ1v) is 2.77. The number of nitrogens with two attached hydrogens (primary N) is 1. The Balaban J connectivity index is 2.84. The van der Waals surface area contributed by atoms with Gasteiger partial charge in [0.25, 0.3) is 0 Å². The maximum absolute atomic E-state index is 5.22. The Morgan fingerprint density at radius 3 is 2.88 bits per heavy atom. The number of rotatable bonds is 1. The van der Waals surface area contributed by atoms with Gasteiger partial charge >= 0.3 is 0 Å². The van der Waals surface area contributed by atoms with Crippen LogP contribution in [0.15, 0.2) is 10.7 Å². The van der Waals surface area contributed by atoms with E-state index in [1.165, 1.54) is 6.26 Å². The molecule has 0 saturated carbocycles. The van der Waals surface area contributed by atoms with Crippen molar-refractivity contribution >= 4 is 18.4 Å². The summed E-state index contributed by atoms with van der Waals surface area (Å²) in [7, 11) is 0. The molecule has 2 N–H and O–H groups in total. The molecule has 3 nitrogen and oxygen atoms in total. The molecular weight excluding hydrogens is 124 g/mol. The van der Waals surface area contributed by atoms with E-state index in [-0.39, 0.29) is 0 Å². The van der Waals surface area contributed by atoms with Crippen LogP contribution in [0.2, 0.25) is 0 Å². The summed E-state index contributed by atoms with van der Waals surface area (Å²) >= 11 is 3.91. The number of hydrogen-bond acceptors (Lipinski definition) is 4. The molecule has 1 aromatic heterocycles. The van der Waals surface area contributed by atoms with E-state index in [2.05, 4.69) is 17.6 Å². The Kier molecular flexibility index (Phi) is 1.43. The van der Waals surface area contributed by atoms with Crippen molar-refractivity contribution in [2.24, 2.45) is 0 Å². The van der Waals surface area contributed by atoms with Gasteiger partial charge in [-0.1, -0.05) is 0 Å². The highest BCUT2D eigenvalue weighted by molar-refractivity contribution is 7.79. The second kappa shape index (κ2) is 2.09. The molecule has 0 aromatic carbocycles. The van der Waals surface area contributed by atoms with Gasteiger partial charge in [-0.3, -0.25) is 0 Å². The molecule has 0 radical (unpaired) electrons. The van der Waals surface area contributed by atoms with E-state index in [1.54, 1.807) is 0 Å². The Hall–Kier alpha value is -0.640. The van der Waals surface area contributed by atoms with Crippen molar-refractivity contribution in [1.29, 1.82) is 0 Å². The van der Waals surface area contributed by atoms with E-state index >= 15 is 0 Å². The molecule has 0 saturated heterocycles. The molecular formula is C4H6N2OS. The highest BCUT2D eigenvalue weighted by Crippen LogP contribution is 2.03. The molecule has 0 bridgehead atoms. The normalized spacial score (nSPS) is 9.62. The van der Waals surface area contributed by atoms with Crippen LogP contribution in [-0.2, 0) is 5.75 Å². The largest absolute Gasteiger partial charge is 0.446 e. The van der Waals surface area contributed by atoms with E-state index in [4.69, 9.17) is 10.2 Å². The zero-order valence-corrected chi connectivity index (χ0v) is 5.06. The molecule has 0 aliphatic carbocycles. The quantitative estimate of drug-likeness (QED) is 0.550. The van der Waals surface area contributed by atoms with Crippen LogP contribution in [0.5, 0.6) is 0 Å². The van der Waals surface area contributed by atoms with E-state index < -0.39 is 0 Å². The summed E-state index contributed by atoms with van der Waals surface area (Å²) in [5.41, 5.74) is 5.22. The molecule has 4 heteroatoms. The van der Waals surface area contributed by atoms with Gasteiger partial charge < -0.3 is 10.2 Å². The third kappa shape index (κ3) is 0.949. The fourth-order valence-corrected chi connectivity index (χ4v) is 0.543. The van der Waals surface area contributed by atoms with Crippen molar-refractivity contribution in [2.45, 2.75) is 5.75 Å². The highest BCUT2D eigenvalue weighted by atomic mass is 32.1. The molecule has 0 amide bonds. The molecule has 0 atom stereocenters. The lowest BCUT2D eigenvalue weighted by Crippen LogP contribution is -1.83. The average molecular weight is 130 g/mol. The summed E-state index contributed by atoms with van der Waals surface area (Å²) in [5, 5.41) is 0. The number of nitrogens with zero attached hydrogens (tertiary/aromatic N) is 1. The van der Waals surface area contributed by atoms with Gasteiger partial charge in [0.15, 0.2) is 5.82 Å². The molecule has 8 heavy (non-hydrogen) atoms. The zero-order chi connectivity index (χ0) is 5.98. The molecule has 1 rings (SSSR count). The van der Waals surface area contributed by atoms with Crippen LogP contribution in [0.25, 0.3) is 0 Å². The maximum Gasteiger partial charge on any atom is 0.205 e. The van der Waals surface area contributed by atoms with Crippen molar-refractivity contribution < 1.29 is 4.42 Å². The summed E-state index contributed by atoms with van der Waals surface area (Å²) < 4.78 is 4.80. The average Bonchev–Trinajstić information content (AvgIpc) is 2.14.